The Bertz CT molecular complexity index is 783. The summed E-state index contributed by atoms with van der Waals surface area (Å²) < 4.78 is 6.30. The van der Waals surface area contributed by atoms with Crippen molar-refractivity contribution in [1.82, 2.24) is 15.5 Å². The largest absolute Gasteiger partial charge is 0.359 e. The van der Waals surface area contributed by atoms with Crippen molar-refractivity contribution < 1.29 is 19.1 Å². The second-order valence-electron chi connectivity index (χ2n) is 9.46. The molecule has 5 aliphatic rings. The van der Waals surface area contributed by atoms with Crippen LogP contribution in [0.4, 0.5) is 0 Å². The van der Waals surface area contributed by atoms with E-state index in [4.69, 9.17) is 4.74 Å². The Balaban J connectivity index is 1.42. The number of nitrogens with zero attached hydrogens (tertiary/aromatic N) is 1. The Morgan fingerprint density at radius 1 is 1.10 bits per heavy atom. The molecule has 2 N–H and O–H groups in total. The maximum absolute atomic E-state index is 13.5. The molecule has 7 heteroatoms. The van der Waals surface area contributed by atoms with Crippen molar-refractivity contribution in [2.24, 2.45) is 11.8 Å². The van der Waals surface area contributed by atoms with Crippen LogP contribution in [-0.4, -0.2) is 59.0 Å². The van der Waals surface area contributed by atoms with Gasteiger partial charge in [0.05, 0.1) is 17.9 Å². The quantitative estimate of drug-likeness (QED) is 0.645. The minimum Gasteiger partial charge on any atom is -0.359 e. The van der Waals surface area contributed by atoms with E-state index < -0.39 is 29.6 Å². The van der Waals surface area contributed by atoms with Gasteiger partial charge in [0.2, 0.25) is 17.7 Å². The van der Waals surface area contributed by atoms with E-state index in [0.29, 0.717) is 0 Å². The topological polar surface area (TPSA) is 87.7 Å². The lowest BCUT2D eigenvalue weighted by Crippen LogP contribution is -2.56. The molecule has 2 aliphatic carbocycles. The maximum atomic E-state index is 13.5. The predicted molar refractivity (Wildman–Crippen MR) is 110 cm³/mol. The van der Waals surface area contributed by atoms with Crippen LogP contribution in [0.15, 0.2) is 24.8 Å². The summed E-state index contributed by atoms with van der Waals surface area (Å²) >= 11 is 0. The molecule has 0 radical (unpaired) electrons. The highest BCUT2D eigenvalue weighted by Crippen LogP contribution is 2.55. The molecular weight excluding hydrogens is 382 g/mol. The molecule has 162 valence electrons. The molecule has 0 aromatic carbocycles. The fraction of sp³-hybridized carbons (Fsp3) is 0.696. The van der Waals surface area contributed by atoms with Crippen LogP contribution in [0.1, 0.15) is 51.4 Å². The van der Waals surface area contributed by atoms with Gasteiger partial charge in [-0.2, -0.15) is 0 Å². The van der Waals surface area contributed by atoms with Crippen molar-refractivity contribution in [1.29, 1.82) is 0 Å². The molecule has 0 aromatic rings. The Morgan fingerprint density at radius 2 is 1.70 bits per heavy atom. The van der Waals surface area contributed by atoms with Gasteiger partial charge in [-0.3, -0.25) is 14.4 Å². The summed E-state index contributed by atoms with van der Waals surface area (Å²) in [7, 11) is 0. The molecule has 2 saturated heterocycles. The van der Waals surface area contributed by atoms with Crippen molar-refractivity contribution in [3.05, 3.63) is 24.8 Å². The molecule has 0 unspecified atom stereocenters. The van der Waals surface area contributed by atoms with Crippen LogP contribution in [0, 0.1) is 11.8 Å². The molecule has 3 heterocycles. The number of carbonyl (C=O) groups is 3. The number of hydrogen-bond acceptors (Lipinski definition) is 4. The summed E-state index contributed by atoms with van der Waals surface area (Å²) in [6.45, 7) is 4.03. The second-order valence-corrected chi connectivity index (χ2v) is 9.46. The number of fused-ring (bicyclic) bond motifs is 1. The number of nitrogens with one attached hydrogen (secondary N) is 2. The van der Waals surface area contributed by atoms with Gasteiger partial charge in [0.25, 0.3) is 0 Å². The molecule has 4 fully saturated rings. The number of amides is 3. The smallest absolute Gasteiger partial charge is 0.246 e. The van der Waals surface area contributed by atoms with Crippen LogP contribution >= 0.6 is 0 Å². The van der Waals surface area contributed by atoms with Crippen LogP contribution in [0.2, 0.25) is 0 Å². The molecule has 2 bridgehead atoms. The van der Waals surface area contributed by atoms with Gasteiger partial charge < -0.3 is 20.3 Å². The molecule has 3 amide bonds. The summed E-state index contributed by atoms with van der Waals surface area (Å²) in [6, 6.07) is -0.435. The Labute approximate surface area is 177 Å². The summed E-state index contributed by atoms with van der Waals surface area (Å²) in [5.41, 5.74) is -1.06. The average Bonchev–Trinajstić information content (AvgIpc) is 3.51. The minimum absolute atomic E-state index is 0.119. The van der Waals surface area contributed by atoms with E-state index in [2.05, 4.69) is 17.2 Å². The van der Waals surface area contributed by atoms with E-state index in [1.807, 2.05) is 12.2 Å². The first-order chi connectivity index (χ1) is 14.5. The summed E-state index contributed by atoms with van der Waals surface area (Å²) in [5, 5.41) is 6.28. The predicted octanol–water partition coefficient (Wildman–Crippen LogP) is 1.44. The highest BCUT2D eigenvalue weighted by Gasteiger charge is 2.72. The lowest BCUT2D eigenvalue weighted by molar-refractivity contribution is -0.141. The van der Waals surface area contributed by atoms with Gasteiger partial charge in [0.15, 0.2) is 0 Å². The van der Waals surface area contributed by atoms with E-state index in [-0.39, 0.29) is 36.3 Å². The minimum atomic E-state index is -1.06. The maximum Gasteiger partial charge on any atom is 0.246 e. The van der Waals surface area contributed by atoms with Crippen LogP contribution in [0.5, 0.6) is 0 Å². The van der Waals surface area contributed by atoms with Gasteiger partial charge in [-0.15, -0.1) is 6.58 Å². The molecule has 7 nitrogen and oxygen atoms in total. The molecule has 1 spiro atoms. The zero-order valence-electron chi connectivity index (χ0n) is 17.3. The zero-order valence-corrected chi connectivity index (χ0v) is 17.3. The molecule has 2 saturated carbocycles. The average molecular weight is 414 g/mol. The highest BCUT2D eigenvalue weighted by atomic mass is 16.5. The third-order valence-electron chi connectivity index (χ3n) is 7.65. The number of rotatable bonds is 6. The van der Waals surface area contributed by atoms with Crippen LogP contribution in [0.25, 0.3) is 0 Å². The Hall–Kier alpha value is -2.15. The molecule has 5 rings (SSSR count). The van der Waals surface area contributed by atoms with E-state index in [1.165, 1.54) is 0 Å². The van der Waals surface area contributed by atoms with Gasteiger partial charge in [-0.1, -0.05) is 43.9 Å². The third-order valence-corrected chi connectivity index (χ3v) is 7.65. The van der Waals surface area contributed by atoms with Gasteiger partial charge in [0, 0.05) is 18.6 Å². The lowest BCUT2D eigenvalue weighted by atomic mass is 9.74. The van der Waals surface area contributed by atoms with Crippen molar-refractivity contribution in [3.63, 3.8) is 0 Å². The fourth-order valence-corrected chi connectivity index (χ4v) is 6.32. The SMILES string of the molecule is C=CCN1C(=O)[C@@H]2[C@H](C(=O)NC3CCCC3)[C@H]3C=C[C@@]2(O3)[C@@H]1C(=O)NC1CCCC1. The molecule has 30 heavy (non-hydrogen) atoms. The van der Waals surface area contributed by atoms with Crippen LogP contribution in [-0.2, 0) is 19.1 Å². The van der Waals surface area contributed by atoms with E-state index >= 15 is 0 Å². The molecular formula is C23H31N3O4. The van der Waals surface area contributed by atoms with Crippen molar-refractivity contribution in [2.45, 2.75) is 81.2 Å². The van der Waals surface area contributed by atoms with Gasteiger partial charge in [-0.25, -0.2) is 0 Å². The van der Waals surface area contributed by atoms with Gasteiger partial charge >= 0.3 is 0 Å². The van der Waals surface area contributed by atoms with Crippen molar-refractivity contribution in [2.75, 3.05) is 6.54 Å². The normalized spacial score (nSPS) is 37.7. The first-order valence-corrected chi connectivity index (χ1v) is 11.4. The first-order valence-electron chi connectivity index (χ1n) is 11.4. The fourth-order valence-electron chi connectivity index (χ4n) is 6.32. The van der Waals surface area contributed by atoms with Gasteiger partial charge in [-0.05, 0) is 25.7 Å². The van der Waals surface area contributed by atoms with E-state index in [9.17, 15) is 14.4 Å². The summed E-state index contributed by atoms with van der Waals surface area (Å²) in [5.74, 6) is -1.72. The first kappa shape index (κ1) is 19.8. The molecule has 3 aliphatic heterocycles. The van der Waals surface area contributed by atoms with E-state index in [0.717, 1.165) is 51.4 Å². The standard InChI is InChI=1S/C23H31N3O4/c1-2-13-26-19(21(28)25-15-9-5-6-10-15)23-12-11-16(30-23)17(18(23)22(26)29)20(27)24-14-7-3-4-8-14/h2,11-12,14-19H,1,3-10,13H2,(H,24,27)(H,25,28)/t16-,17-,18+,19+,23+/m1/s1. The van der Waals surface area contributed by atoms with Crippen LogP contribution < -0.4 is 10.6 Å². The zero-order chi connectivity index (χ0) is 20.9. The monoisotopic (exact) mass is 413 g/mol. The van der Waals surface area contributed by atoms with Crippen LogP contribution in [0.3, 0.4) is 0 Å². The molecule has 0 aromatic heterocycles. The van der Waals surface area contributed by atoms with Crippen molar-refractivity contribution in [3.8, 4) is 0 Å². The summed E-state index contributed by atoms with van der Waals surface area (Å²) in [4.78, 5) is 41.6. The third kappa shape index (κ3) is 2.93. The second kappa shape index (κ2) is 7.52. The van der Waals surface area contributed by atoms with Gasteiger partial charge in [0.1, 0.15) is 11.6 Å². The number of hydrogen-bond donors (Lipinski definition) is 2. The number of carbonyl (C=O) groups excluding carboxylic acids is 3. The van der Waals surface area contributed by atoms with E-state index in [1.54, 1.807) is 11.0 Å². The molecule has 5 atom stereocenters. The van der Waals surface area contributed by atoms with Crippen molar-refractivity contribution >= 4 is 17.7 Å². The number of likely N-dealkylation sites (tertiary alicyclic amines) is 1. The Kier molecular flexibility index (Phi) is 4.96. The lowest BCUT2D eigenvalue weighted by Gasteiger charge is -2.32. The summed E-state index contributed by atoms with van der Waals surface area (Å²) in [6.07, 6.45) is 13.3. The Morgan fingerprint density at radius 3 is 2.30 bits per heavy atom. The number of ether oxygens (including phenoxy) is 1. The highest BCUT2D eigenvalue weighted by molar-refractivity contribution is 6.00.